The van der Waals surface area contributed by atoms with Crippen LogP contribution in [0.15, 0.2) is 99.6 Å². The fourth-order valence-electron chi connectivity index (χ4n) is 2.19. The van der Waals surface area contributed by atoms with E-state index < -0.39 is 10.9 Å². The zero-order valence-electron chi connectivity index (χ0n) is 10.9. The van der Waals surface area contributed by atoms with Crippen LogP contribution >= 0.6 is 10.9 Å². The summed E-state index contributed by atoms with van der Waals surface area (Å²) in [5.74, 6) is -0.190. The van der Waals surface area contributed by atoms with E-state index in [2.05, 4.69) is 48.5 Å². The van der Waals surface area contributed by atoms with Gasteiger partial charge in [-0.05, 0) is 63.2 Å². The van der Waals surface area contributed by atoms with Crippen LogP contribution in [-0.2, 0) is 0 Å². The lowest BCUT2D eigenvalue weighted by atomic mass is 10.3. The molecule has 20 heavy (non-hydrogen) atoms. The summed E-state index contributed by atoms with van der Waals surface area (Å²) in [6, 6.07) is 27.7. The molecule has 0 amide bonds. The molecule has 0 atom stereocenters. The fraction of sp³-hybridized carbons (Fsp3) is 0. The molecule has 0 radical (unpaired) electrons. The lowest BCUT2D eigenvalue weighted by Crippen LogP contribution is -1.88. The van der Waals surface area contributed by atoms with Crippen molar-refractivity contribution in [3.05, 3.63) is 90.7 Å². The first-order valence-corrected chi connectivity index (χ1v) is 7.84. The molecule has 0 aliphatic carbocycles. The molecule has 0 nitrogen and oxygen atoms in total. The van der Waals surface area contributed by atoms with Crippen molar-refractivity contribution in [3.63, 3.8) is 0 Å². The first-order chi connectivity index (χ1) is 9.84. The number of rotatable bonds is 3. The second-order valence-corrected chi connectivity index (χ2v) is 6.70. The van der Waals surface area contributed by atoms with E-state index in [4.69, 9.17) is 0 Å². The Balaban J connectivity index is 2.11. The van der Waals surface area contributed by atoms with E-state index >= 15 is 0 Å². The van der Waals surface area contributed by atoms with Crippen molar-refractivity contribution in [2.45, 2.75) is 14.7 Å². The second kappa shape index (κ2) is 5.93. The van der Waals surface area contributed by atoms with Crippen molar-refractivity contribution in [2.24, 2.45) is 0 Å². The van der Waals surface area contributed by atoms with Crippen molar-refractivity contribution >= 4 is 10.9 Å². The van der Waals surface area contributed by atoms with Crippen molar-refractivity contribution < 1.29 is 4.39 Å². The minimum atomic E-state index is -0.625. The highest BCUT2D eigenvalue weighted by molar-refractivity contribution is 8.17. The Bertz CT molecular complexity index is 623. The minimum absolute atomic E-state index is 0.190. The predicted molar refractivity (Wildman–Crippen MR) is 83.1 cm³/mol. The summed E-state index contributed by atoms with van der Waals surface area (Å²) in [5.41, 5.74) is 0. The molecule has 0 aromatic heterocycles. The number of halogens is 1. The first kappa shape index (κ1) is 12.9. The lowest BCUT2D eigenvalue weighted by molar-refractivity contribution is 0.626. The van der Waals surface area contributed by atoms with Gasteiger partial charge in [-0.15, -0.1) is 0 Å². The molecule has 3 aromatic carbocycles. The van der Waals surface area contributed by atoms with Crippen molar-refractivity contribution in [1.82, 2.24) is 0 Å². The van der Waals surface area contributed by atoms with Gasteiger partial charge in [-0.2, -0.15) is 10.9 Å². The molecule has 100 valence electrons. The molecule has 3 aromatic rings. The molecule has 0 aliphatic heterocycles. The molecule has 2 heteroatoms. The van der Waals surface area contributed by atoms with Crippen LogP contribution in [0.2, 0.25) is 0 Å². The highest BCUT2D eigenvalue weighted by Crippen LogP contribution is 2.50. The minimum Gasteiger partial charge on any atom is -0.207 e. The Labute approximate surface area is 121 Å². The van der Waals surface area contributed by atoms with E-state index in [0.29, 0.717) is 0 Å². The van der Waals surface area contributed by atoms with Gasteiger partial charge < -0.3 is 0 Å². The Morgan fingerprint density at radius 2 is 0.900 bits per heavy atom. The van der Waals surface area contributed by atoms with Crippen molar-refractivity contribution in [2.75, 3.05) is 0 Å². The molecule has 0 spiro atoms. The summed E-state index contributed by atoms with van der Waals surface area (Å²) >= 11 is 0. The Morgan fingerprint density at radius 1 is 0.500 bits per heavy atom. The van der Waals surface area contributed by atoms with E-state index in [1.807, 2.05) is 24.3 Å². The smallest absolute Gasteiger partial charge is 0.123 e. The Hall–Kier alpha value is -2.06. The van der Waals surface area contributed by atoms with Gasteiger partial charge in [0.2, 0.25) is 0 Å². The van der Waals surface area contributed by atoms with E-state index in [1.54, 1.807) is 0 Å². The SMILES string of the molecule is Fc1ccc([SH](c2ccccc2)c2ccccc2)cc1. The summed E-state index contributed by atoms with van der Waals surface area (Å²) in [5, 5.41) is 0. The summed E-state index contributed by atoms with van der Waals surface area (Å²) in [6.07, 6.45) is 0. The van der Waals surface area contributed by atoms with Crippen molar-refractivity contribution in [1.29, 1.82) is 0 Å². The zero-order chi connectivity index (χ0) is 13.8. The molecule has 0 saturated carbocycles. The largest absolute Gasteiger partial charge is 0.207 e. The van der Waals surface area contributed by atoms with Gasteiger partial charge in [0.15, 0.2) is 0 Å². The molecule has 3 rings (SSSR count). The van der Waals surface area contributed by atoms with E-state index in [-0.39, 0.29) is 5.82 Å². The van der Waals surface area contributed by atoms with Crippen LogP contribution in [0.4, 0.5) is 4.39 Å². The van der Waals surface area contributed by atoms with Crippen LogP contribution < -0.4 is 0 Å². The number of thiol groups is 1. The highest BCUT2D eigenvalue weighted by atomic mass is 32.2. The van der Waals surface area contributed by atoms with Crippen LogP contribution in [0.1, 0.15) is 0 Å². The van der Waals surface area contributed by atoms with Crippen LogP contribution in [0, 0.1) is 5.82 Å². The second-order valence-electron chi connectivity index (χ2n) is 4.48. The molecule has 0 heterocycles. The summed E-state index contributed by atoms with van der Waals surface area (Å²) in [6.45, 7) is 0. The molecular formula is C18H15FS. The van der Waals surface area contributed by atoms with Gasteiger partial charge in [0.25, 0.3) is 0 Å². The van der Waals surface area contributed by atoms with E-state index in [0.717, 1.165) is 0 Å². The van der Waals surface area contributed by atoms with Crippen molar-refractivity contribution in [3.8, 4) is 0 Å². The van der Waals surface area contributed by atoms with Crippen LogP contribution in [0.5, 0.6) is 0 Å². The maximum atomic E-state index is 13.2. The lowest BCUT2D eigenvalue weighted by Gasteiger charge is -2.23. The molecule has 0 saturated heterocycles. The third-order valence-corrected chi connectivity index (χ3v) is 5.56. The van der Waals surface area contributed by atoms with Gasteiger partial charge in [0, 0.05) is 0 Å². The average molecular weight is 282 g/mol. The summed E-state index contributed by atoms with van der Waals surface area (Å²) in [4.78, 5) is 3.72. The van der Waals surface area contributed by atoms with Crippen LogP contribution in [-0.4, -0.2) is 0 Å². The molecule has 0 fully saturated rings. The molecule has 0 N–H and O–H groups in total. The number of benzene rings is 3. The monoisotopic (exact) mass is 282 g/mol. The zero-order valence-corrected chi connectivity index (χ0v) is 11.8. The van der Waals surface area contributed by atoms with Crippen LogP contribution in [0.3, 0.4) is 0 Å². The maximum absolute atomic E-state index is 13.2. The maximum Gasteiger partial charge on any atom is 0.123 e. The molecule has 0 unspecified atom stereocenters. The topological polar surface area (TPSA) is 0 Å². The van der Waals surface area contributed by atoms with E-state index in [1.165, 1.54) is 26.8 Å². The standard InChI is InChI=1S/C18H15FS/c19-15-11-13-18(14-12-15)20(16-7-3-1-4-8-16)17-9-5-2-6-10-17/h1-14,20H. The Morgan fingerprint density at radius 3 is 1.35 bits per heavy atom. The summed E-state index contributed by atoms with van der Waals surface area (Å²) in [7, 11) is -0.625. The van der Waals surface area contributed by atoms with E-state index in [9.17, 15) is 4.39 Å². The van der Waals surface area contributed by atoms with Gasteiger partial charge in [0.05, 0.1) is 0 Å². The van der Waals surface area contributed by atoms with Gasteiger partial charge in [-0.25, -0.2) is 4.39 Å². The third kappa shape index (κ3) is 2.75. The quantitative estimate of drug-likeness (QED) is 0.619. The van der Waals surface area contributed by atoms with Gasteiger partial charge >= 0.3 is 0 Å². The summed E-state index contributed by atoms with van der Waals surface area (Å²) < 4.78 is 13.2. The fourth-order valence-corrected chi connectivity index (χ4v) is 4.47. The molecule has 0 bridgehead atoms. The average Bonchev–Trinajstić information content (AvgIpc) is 2.52. The normalized spacial score (nSPS) is 11.2. The Kier molecular flexibility index (Phi) is 3.84. The third-order valence-electron chi connectivity index (χ3n) is 3.11. The van der Waals surface area contributed by atoms with Gasteiger partial charge in [-0.1, -0.05) is 36.4 Å². The molecular weight excluding hydrogens is 267 g/mol. The van der Waals surface area contributed by atoms with Crippen LogP contribution in [0.25, 0.3) is 0 Å². The first-order valence-electron chi connectivity index (χ1n) is 6.50. The number of hydrogen-bond acceptors (Lipinski definition) is 0. The van der Waals surface area contributed by atoms with Gasteiger partial charge in [-0.3, -0.25) is 0 Å². The van der Waals surface area contributed by atoms with Gasteiger partial charge in [0.1, 0.15) is 5.82 Å². The molecule has 0 aliphatic rings. The highest BCUT2D eigenvalue weighted by Gasteiger charge is 2.11. The predicted octanol–water partition coefficient (Wildman–Crippen LogP) is 5.30. The number of hydrogen-bond donors (Lipinski definition) is 1.